The van der Waals surface area contributed by atoms with Gasteiger partial charge in [-0.3, -0.25) is 0 Å². The van der Waals surface area contributed by atoms with Crippen LogP contribution in [0.5, 0.6) is 0 Å². The summed E-state index contributed by atoms with van der Waals surface area (Å²) in [5, 5.41) is 21.3. The Morgan fingerprint density at radius 1 is 0.722 bits per heavy atom. The summed E-state index contributed by atoms with van der Waals surface area (Å²) in [6, 6.07) is 0. The van der Waals surface area contributed by atoms with E-state index >= 15 is 0 Å². The number of rotatable bonds is 2. The molecule has 1 rings (SSSR count). The second-order valence-corrected chi connectivity index (χ2v) is 11.3. The van der Waals surface area contributed by atoms with Crippen LogP contribution in [0.2, 0.25) is 0 Å². The molecule has 0 aliphatic carbocycles. The highest BCUT2D eigenvalue weighted by Gasteiger charge is 2.67. The first-order valence-corrected chi connectivity index (χ1v) is 8.88. The maximum absolute atomic E-state index is 10.6. The van der Waals surface area contributed by atoms with E-state index in [-0.39, 0.29) is 0 Å². The van der Waals surface area contributed by atoms with Crippen molar-refractivity contribution in [2.75, 3.05) is 0 Å². The van der Waals surface area contributed by atoms with Gasteiger partial charge in [-0.1, -0.05) is 63.7 Å². The number of alkyl halides is 4. The Kier molecular flexibility index (Phi) is 5.14. The van der Waals surface area contributed by atoms with Crippen molar-refractivity contribution in [3.05, 3.63) is 0 Å². The van der Waals surface area contributed by atoms with Gasteiger partial charge in [0.2, 0.25) is 11.6 Å². The van der Waals surface area contributed by atoms with Gasteiger partial charge >= 0.3 is 0 Å². The summed E-state index contributed by atoms with van der Waals surface area (Å²) >= 11 is 13.0. The van der Waals surface area contributed by atoms with Gasteiger partial charge in [0.15, 0.2) is 0 Å². The zero-order chi connectivity index (χ0) is 14.6. The average Bonchev–Trinajstić information content (AvgIpc) is 2.13. The molecular formula is C10H16Br4O4. The summed E-state index contributed by atoms with van der Waals surface area (Å²) in [6.07, 6.45) is 0. The zero-order valence-electron chi connectivity index (χ0n) is 10.4. The highest BCUT2D eigenvalue weighted by atomic mass is 79.9. The second kappa shape index (κ2) is 5.19. The van der Waals surface area contributed by atoms with Crippen LogP contribution in [-0.2, 0) is 9.47 Å². The summed E-state index contributed by atoms with van der Waals surface area (Å²) < 4.78 is 10.4. The largest absolute Gasteiger partial charge is 0.362 e. The van der Waals surface area contributed by atoms with Crippen molar-refractivity contribution in [2.24, 2.45) is 0 Å². The Morgan fingerprint density at radius 2 is 0.944 bits per heavy atom. The van der Waals surface area contributed by atoms with Crippen molar-refractivity contribution in [1.29, 1.82) is 0 Å². The summed E-state index contributed by atoms with van der Waals surface area (Å²) in [6.45, 7) is 6.58. The monoisotopic (exact) mass is 516 g/mol. The fourth-order valence-electron chi connectivity index (χ4n) is 1.78. The van der Waals surface area contributed by atoms with E-state index in [0.29, 0.717) is 0 Å². The quantitative estimate of drug-likeness (QED) is 0.550. The van der Waals surface area contributed by atoms with Crippen LogP contribution in [0.15, 0.2) is 0 Å². The number of halogens is 4. The summed E-state index contributed by atoms with van der Waals surface area (Å²) in [5.74, 6) is -3.28. The van der Waals surface area contributed by atoms with Gasteiger partial charge in [0, 0.05) is 0 Å². The van der Waals surface area contributed by atoms with E-state index in [1.807, 2.05) is 0 Å². The molecule has 0 amide bonds. The molecule has 2 atom stereocenters. The minimum absolute atomic E-state index is 0.555. The molecule has 0 radical (unpaired) electrons. The van der Waals surface area contributed by atoms with Gasteiger partial charge in [-0.15, -0.1) is 0 Å². The maximum Gasteiger partial charge on any atom is 0.218 e. The highest BCUT2D eigenvalue weighted by Crippen LogP contribution is 2.52. The van der Waals surface area contributed by atoms with E-state index in [2.05, 4.69) is 63.7 Å². The molecule has 4 nitrogen and oxygen atoms in total. The van der Waals surface area contributed by atoms with Crippen LogP contribution in [0.4, 0.5) is 0 Å². The average molecular weight is 520 g/mol. The van der Waals surface area contributed by atoms with Crippen LogP contribution in [-0.4, -0.2) is 40.5 Å². The Balaban J connectivity index is 3.27. The van der Waals surface area contributed by atoms with E-state index < -0.39 is 30.2 Å². The first kappa shape index (κ1) is 17.8. The lowest BCUT2D eigenvalue weighted by Gasteiger charge is -2.59. The molecule has 0 aromatic carbocycles. The Hall–Kier alpha value is 1.76. The predicted molar refractivity (Wildman–Crippen MR) is 83.5 cm³/mol. The fourth-order valence-corrected chi connectivity index (χ4v) is 4.36. The lowest BCUT2D eigenvalue weighted by molar-refractivity contribution is -0.464. The fraction of sp³-hybridized carbons (Fsp3) is 1.00. The van der Waals surface area contributed by atoms with Crippen molar-refractivity contribution in [3.63, 3.8) is 0 Å². The number of ether oxygens (including phenoxy) is 2. The van der Waals surface area contributed by atoms with Gasteiger partial charge in [0.1, 0.15) is 18.7 Å². The number of hydrogen-bond donors (Lipinski definition) is 2. The lowest BCUT2D eigenvalue weighted by Crippen LogP contribution is -2.75. The normalized spacial score (nSPS) is 39.3. The number of hydrogen-bond acceptors (Lipinski definition) is 4. The molecule has 0 bridgehead atoms. The van der Waals surface area contributed by atoms with E-state index in [1.165, 1.54) is 0 Å². The van der Waals surface area contributed by atoms with Gasteiger partial charge < -0.3 is 19.7 Å². The highest BCUT2D eigenvalue weighted by molar-refractivity contribution is 9.25. The molecule has 0 aromatic heterocycles. The summed E-state index contributed by atoms with van der Waals surface area (Å²) in [4.78, 5) is 0. The van der Waals surface area contributed by atoms with Crippen LogP contribution >= 0.6 is 63.7 Å². The van der Waals surface area contributed by atoms with Crippen LogP contribution in [0.25, 0.3) is 0 Å². The van der Waals surface area contributed by atoms with E-state index in [0.717, 1.165) is 0 Å². The van der Waals surface area contributed by atoms with Crippen molar-refractivity contribution in [3.8, 4) is 0 Å². The Labute approximate surface area is 140 Å². The third-order valence-electron chi connectivity index (χ3n) is 3.14. The van der Waals surface area contributed by atoms with Crippen molar-refractivity contribution in [1.82, 2.24) is 0 Å². The van der Waals surface area contributed by atoms with Crippen molar-refractivity contribution in [2.45, 2.75) is 57.9 Å². The molecule has 0 aromatic rings. The first-order chi connectivity index (χ1) is 7.80. The van der Waals surface area contributed by atoms with Crippen molar-refractivity contribution < 1.29 is 19.7 Å². The van der Waals surface area contributed by atoms with Gasteiger partial charge in [-0.2, -0.15) is 0 Å². The molecule has 0 saturated carbocycles. The Bertz CT molecular complexity index is 302. The SMILES string of the molecule is CC1(C)OC(O)(C(Br)Br)C(C)(C)OC1(O)C(Br)Br. The maximum atomic E-state index is 10.6. The molecular weight excluding hydrogens is 504 g/mol. The van der Waals surface area contributed by atoms with Crippen LogP contribution < -0.4 is 0 Å². The van der Waals surface area contributed by atoms with E-state index in [9.17, 15) is 10.2 Å². The van der Waals surface area contributed by atoms with Gasteiger partial charge in [-0.05, 0) is 27.7 Å². The van der Waals surface area contributed by atoms with Gasteiger partial charge in [0.05, 0.1) is 0 Å². The van der Waals surface area contributed by atoms with Crippen molar-refractivity contribution >= 4 is 63.7 Å². The van der Waals surface area contributed by atoms with E-state index in [4.69, 9.17) is 9.47 Å². The van der Waals surface area contributed by atoms with Crippen LogP contribution in [0.1, 0.15) is 27.7 Å². The topological polar surface area (TPSA) is 58.9 Å². The molecule has 1 heterocycles. The standard InChI is InChI=1S/C10H16Br4O4/c1-7(2)9(15,5(11)12)18-8(3,4)10(16,17-7)6(13)14/h5-6,15-16H,1-4H3. The smallest absolute Gasteiger partial charge is 0.218 e. The third kappa shape index (κ3) is 2.61. The third-order valence-corrected chi connectivity index (χ3v) is 5.62. The summed E-state index contributed by atoms with van der Waals surface area (Å²) in [5.41, 5.74) is -2.29. The molecule has 2 unspecified atom stereocenters. The molecule has 1 aliphatic heterocycles. The second-order valence-electron chi connectivity index (χ2n) is 5.22. The molecule has 1 fully saturated rings. The van der Waals surface area contributed by atoms with Gasteiger partial charge in [-0.25, -0.2) is 0 Å². The number of aliphatic hydroxyl groups is 2. The molecule has 1 saturated heterocycles. The molecule has 1 aliphatic rings. The molecule has 8 heteroatoms. The Morgan fingerprint density at radius 3 is 1.11 bits per heavy atom. The molecule has 2 N–H and O–H groups in total. The lowest BCUT2D eigenvalue weighted by atomic mass is 9.89. The van der Waals surface area contributed by atoms with Crippen LogP contribution in [0, 0.1) is 0 Å². The van der Waals surface area contributed by atoms with Gasteiger partial charge in [0.25, 0.3) is 0 Å². The first-order valence-electron chi connectivity index (χ1n) is 5.21. The molecule has 0 spiro atoms. The predicted octanol–water partition coefficient (Wildman–Crippen LogP) is 3.20. The minimum Gasteiger partial charge on any atom is -0.362 e. The molecule has 108 valence electrons. The van der Waals surface area contributed by atoms with Crippen LogP contribution in [0.3, 0.4) is 0 Å². The zero-order valence-corrected chi connectivity index (χ0v) is 16.7. The minimum atomic E-state index is -1.64. The van der Waals surface area contributed by atoms with E-state index in [1.54, 1.807) is 27.7 Å². The summed E-state index contributed by atoms with van der Waals surface area (Å²) in [7, 11) is 0. The molecule has 18 heavy (non-hydrogen) atoms.